The summed E-state index contributed by atoms with van der Waals surface area (Å²) in [6.07, 6.45) is 3.04. The molecular formula is C11H18N4O2. The van der Waals surface area contributed by atoms with Crippen LogP contribution < -0.4 is 5.32 Å². The monoisotopic (exact) mass is 238 g/mol. The highest BCUT2D eigenvalue weighted by molar-refractivity contribution is 5.79. The molecule has 1 N–H and O–H groups in total. The number of ketones is 1. The molecule has 6 nitrogen and oxygen atoms in total. The zero-order valence-corrected chi connectivity index (χ0v) is 10.4. The third kappa shape index (κ3) is 4.76. The van der Waals surface area contributed by atoms with E-state index in [1.54, 1.807) is 24.9 Å². The maximum absolute atomic E-state index is 11.3. The van der Waals surface area contributed by atoms with Gasteiger partial charge in [0.15, 0.2) is 0 Å². The van der Waals surface area contributed by atoms with Crippen LogP contribution in [0.1, 0.15) is 32.4 Å². The lowest BCUT2D eigenvalue weighted by Gasteiger charge is -2.15. The van der Waals surface area contributed by atoms with Crippen molar-refractivity contribution in [3.05, 3.63) is 11.9 Å². The van der Waals surface area contributed by atoms with Crippen LogP contribution in [0.25, 0.3) is 0 Å². The first-order valence-electron chi connectivity index (χ1n) is 5.65. The molecule has 0 aliphatic heterocycles. The lowest BCUT2D eigenvalue weighted by Crippen LogP contribution is -2.37. The number of rotatable bonds is 6. The van der Waals surface area contributed by atoms with Gasteiger partial charge in [0.2, 0.25) is 5.91 Å². The molecule has 0 aliphatic carbocycles. The third-order valence-corrected chi connectivity index (χ3v) is 2.33. The maximum Gasteiger partial charge on any atom is 0.219 e. The van der Waals surface area contributed by atoms with E-state index in [-0.39, 0.29) is 17.7 Å². The predicted octanol–water partition coefficient (Wildman–Crippen LogP) is 0.231. The minimum atomic E-state index is -0.198. The zero-order chi connectivity index (χ0) is 12.8. The Balaban J connectivity index is 2.62. The number of nitrogens with zero attached hydrogens (tertiary/aromatic N) is 3. The first-order valence-corrected chi connectivity index (χ1v) is 5.65. The van der Waals surface area contributed by atoms with E-state index in [1.165, 1.54) is 6.92 Å². The molecule has 0 saturated heterocycles. The quantitative estimate of drug-likeness (QED) is 0.769. The molecule has 17 heavy (non-hydrogen) atoms. The van der Waals surface area contributed by atoms with Crippen LogP contribution in [0.5, 0.6) is 0 Å². The zero-order valence-electron chi connectivity index (χ0n) is 10.4. The highest BCUT2D eigenvalue weighted by atomic mass is 16.1. The molecule has 0 saturated carbocycles. The van der Waals surface area contributed by atoms with Gasteiger partial charge in [-0.15, -0.1) is 5.10 Å². The normalized spacial score (nSPS) is 12.2. The number of nitrogens with one attached hydrogen (secondary N) is 1. The van der Waals surface area contributed by atoms with Crippen molar-refractivity contribution in [2.75, 3.05) is 0 Å². The van der Waals surface area contributed by atoms with Gasteiger partial charge in [-0.1, -0.05) is 12.1 Å². The van der Waals surface area contributed by atoms with Crippen LogP contribution in [0.3, 0.4) is 0 Å². The van der Waals surface area contributed by atoms with Crippen molar-refractivity contribution in [3.8, 4) is 0 Å². The summed E-state index contributed by atoms with van der Waals surface area (Å²) >= 11 is 0. The number of aromatic nitrogens is 3. The number of hydrogen-bond donors (Lipinski definition) is 1. The van der Waals surface area contributed by atoms with Crippen LogP contribution in [-0.4, -0.2) is 32.7 Å². The smallest absolute Gasteiger partial charge is 0.219 e. The largest absolute Gasteiger partial charge is 0.353 e. The number of Topliss-reactive ketones (excluding diaryl/α,β-unsaturated/α-hetero) is 1. The Morgan fingerprint density at radius 2 is 2.24 bits per heavy atom. The standard InChI is InChI=1S/C11H18N4O2/c1-4-11(17)12-9(5-8(2)16)6-10-7-15(3)14-13-10/h7,9H,4-6H2,1-3H3,(H,12,17). The van der Waals surface area contributed by atoms with E-state index in [4.69, 9.17) is 0 Å². The lowest BCUT2D eigenvalue weighted by atomic mass is 10.1. The first kappa shape index (κ1) is 13.3. The van der Waals surface area contributed by atoms with Crippen LogP contribution in [0.4, 0.5) is 0 Å². The van der Waals surface area contributed by atoms with E-state index in [0.29, 0.717) is 19.3 Å². The molecule has 1 aromatic heterocycles. The molecule has 0 aliphatic rings. The summed E-state index contributed by atoms with van der Waals surface area (Å²) in [6, 6.07) is -0.198. The van der Waals surface area contributed by atoms with Crippen LogP contribution in [0, 0.1) is 0 Å². The maximum atomic E-state index is 11.3. The van der Waals surface area contributed by atoms with Gasteiger partial charge in [0.1, 0.15) is 5.78 Å². The molecule has 1 atom stereocenters. The van der Waals surface area contributed by atoms with Crippen LogP contribution in [0.15, 0.2) is 6.20 Å². The summed E-state index contributed by atoms with van der Waals surface area (Å²) in [5.41, 5.74) is 0.773. The molecule has 0 bridgehead atoms. The Labute approximate surface area is 100 Å². The van der Waals surface area contributed by atoms with Crippen LogP contribution in [-0.2, 0) is 23.1 Å². The van der Waals surface area contributed by atoms with E-state index in [9.17, 15) is 9.59 Å². The van der Waals surface area contributed by atoms with Crippen molar-refractivity contribution in [2.45, 2.75) is 39.2 Å². The summed E-state index contributed by atoms with van der Waals surface area (Å²) < 4.78 is 1.60. The lowest BCUT2D eigenvalue weighted by molar-refractivity contribution is -0.122. The van der Waals surface area contributed by atoms with E-state index in [0.717, 1.165) is 5.69 Å². The summed E-state index contributed by atoms with van der Waals surface area (Å²) in [6.45, 7) is 3.30. The van der Waals surface area contributed by atoms with Gasteiger partial charge >= 0.3 is 0 Å². The van der Waals surface area contributed by atoms with Gasteiger partial charge in [-0.25, -0.2) is 0 Å². The second-order valence-electron chi connectivity index (χ2n) is 4.11. The van der Waals surface area contributed by atoms with E-state index in [2.05, 4.69) is 15.6 Å². The van der Waals surface area contributed by atoms with Gasteiger partial charge in [-0.2, -0.15) is 0 Å². The molecule has 0 fully saturated rings. The molecule has 1 heterocycles. The van der Waals surface area contributed by atoms with Gasteiger partial charge in [0.25, 0.3) is 0 Å². The molecule has 1 unspecified atom stereocenters. The minimum Gasteiger partial charge on any atom is -0.353 e. The number of amides is 1. The Kier molecular flexibility index (Phi) is 4.81. The molecule has 1 amide bonds. The molecule has 0 spiro atoms. The summed E-state index contributed by atoms with van der Waals surface area (Å²) in [5.74, 6) is -0.00423. The molecule has 1 aromatic rings. The van der Waals surface area contributed by atoms with Crippen molar-refractivity contribution in [2.24, 2.45) is 7.05 Å². The summed E-state index contributed by atoms with van der Waals surface area (Å²) in [4.78, 5) is 22.5. The third-order valence-electron chi connectivity index (χ3n) is 2.33. The predicted molar refractivity (Wildman–Crippen MR) is 62.2 cm³/mol. The number of aryl methyl sites for hydroxylation is 1. The number of carbonyl (C=O) groups is 2. The van der Waals surface area contributed by atoms with Gasteiger partial charge < -0.3 is 5.32 Å². The number of carbonyl (C=O) groups excluding carboxylic acids is 2. The molecule has 0 aromatic carbocycles. The van der Waals surface area contributed by atoms with Crippen molar-refractivity contribution in [1.82, 2.24) is 20.3 Å². The van der Waals surface area contributed by atoms with Gasteiger partial charge in [-0.05, 0) is 6.92 Å². The first-order chi connectivity index (χ1) is 8.01. The molecule has 1 rings (SSSR count). The average Bonchev–Trinajstić information content (AvgIpc) is 2.62. The Bertz CT molecular complexity index is 400. The molecule has 94 valence electrons. The summed E-state index contributed by atoms with van der Waals surface area (Å²) in [5, 5.41) is 10.6. The highest BCUT2D eigenvalue weighted by Crippen LogP contribution is 2.03. The SMILES string of the molecule is CCC(=O)NC(CC(C)=O)Cc1cn(C)nn1. The molecule has 6 heteroatoms. The van der Waals surface area contributed by atoms with E-state index in [1.807, 2.05) is 0 Å². The average molecular weight is 238 g/mol. The van der Waals surface area contributed by atoms with E-state index >= 15 is 0 Å². The van der Waals surface area contributed by atoms with Gasteiger partial charge in [0.05, 0.1) is 5.69 Å². The summed E-state index contributed by atoms with van der Waals surface area (Å²) in [7, 11) is 1.78. The van der Waals surface area contributed by atoms with E-state index < -0.39 is 0 Å². The molecular weight excluding hydrogens is 220 g/mol. The second-order valence-corrected chi connectivity index (χ2v) is 4.11. The second kappa shape index (κ2) is 6.12. The Morgan fingerprint density at radius 3 is 2.71 bits per heavy atom. The van der Waals surface area contributed by atoms with Crippen molar-refractivity contribution >= 4 is 11.7 Å². The minimum absolute atomic E-state index is 0.0512. The topological polar surface area (TPSA) is 76.9 Å². The van der Waals surface area contributed by atoms with Crippen molar-refractivity contribution < 1.29 is 9.59 Å². The number of hydrogen-bond acceptors (Lipinski definition) is 4. The van der Waals surface area contributed by atoms with Crippen LogP contribution in [0.2, 0.25) is 0 Å². The van der Waals surface area contributed by atoms with Gasteiger partial charge in [0, 0.05) is 38.5 Å². The molecule has 0 radical (unpaired) electrons. The van der Waals surface area contributed by atoms with Crippen LogP contribution >= 0.6 is 0 Å². The Hall–Kier alpha value is -1.72. The van der Waals surface area contributed by atoms with Crippen molar-refractivity contribution in [3.63, 3.8) is 0 Å². The Morgan fingerprint density at radius 1 is 1.53 bits per heavy atom. The fourth-order valence-electron chi connectivity index (χ4n) is 1.59. The van der Waals surface area contributed by atoms with Gasteiger partial charge in [-0.3, -0.25) is 14.3 Å². The fourth-order valence-corrected chi connectivity index (χ4v) is 1.59. The van der Waals surface area contributed by atoms with Crippen molar-refractivity contribution in [1.29, 1.82) is 0 Å². The fraction of sp³-hybridized carbons (Fsp3) is 0.636. The highest BCUT2D eigenvalue weighted by Gasteiger charge is 2.15.